The lowest BCUT2D eigenvalue weighted by Crippen LogP contribution is -2.41. The van der Waals surface area contributed by atoms with Crippen LogP contribution in [0.2, 0.25) is 0 Å². The highest BCUT2D eigenvalue weighted by atomic mass is 32.2. The number of aromatic nitrogens is 1. The quantitative estimate of drug-likeness (QED) is 0.408. The third kappa shape index (κ3) is 4.16. The second-order valence-corrected chi connectivity index (χ2v) is 9.45. The summed E-state index contributed by atoms with van der Waals surface area (Å²) in [4.78, 5) is 23.0. The molecule has 1 aromatic heterocycles. The number of carbonyl (C=O) groups excluding carboxylic acids is 1. The SMILES string of the molecule is CN1C(=O)C(c2cccc(CN(C)S(=O)(=O)O)c2)(c2cccc(-c3ccc(F)nc3)c2)N=C1N. The lowest BCUT2D eigenvalue weighted by molar-refractivity contribution is -0.129. The van der Waals surface area contributed by atoms with Gasteiger partial charge in [-0.05, 0) is 40.5 Å². The summed E-state index contributed by atoms with van der Waals surface area (Å²) in [5.41, 5.74) is 7.40. The maximum atomic E-state index is 13.5. The average Bonchev–Trinajstić information content (AvgIpc) is 3.04. The van der Waals surface area contributed by atoms with Crippen molar-refractivity contribution in [1.29, 1.82) is 0 Å². The first-order chi connectivity index (χ1) is 16.0. The van der Waals surface area contributed by atoms with Crippen molar-refractivity contribution in [1.82, 2.24) is 14.2 Å². The van der Waals surface area contributed by atoms with Gasteiger partial charge in [0.05, 0.1) is 0 Å². The molecule has 9 nitrogen and oxygen atoms in total. The van der Waals surface area contributed by atoms with Gasteiger partial charge in [0.2, 0.25) is 5.95 Å². The number of likely N-dealkylation sites (N-methyl/N-ethyl adjacent to an activating group) is 1. The van der Waals surface area contributed by atoms with Gasteiger partial charge in [0, 0.05) is 32.4 Å². The number of pyridine rings is 1. The van der Waals surface area contributed by atoms with E-state index in [4.69, 9.17) is 5.73 Å². The molecule has 1 unspecified atom stereocenters. The number of halogens is 1. The number of hydrogen-bond donors (Lipinski definition) is 2. The van der Waals surface area contributed by atoms with Gasteiger partial charge in [-0.15, -0.1) is 0 Å². The molecule has 3 aromatic rings. The summed E-state index contributed by atoms with van der Waals surface area (Å²) >= 11 is 0. The minimum absolute atomic E-state index is 0.0271. The molecule has 1 aliphatic heterocycles. The van der Waals surface area contributed by atoms with Crippen molar-refractivity contribution in [3.63, 3.8) is 0 Å². The van der Waals surface area contributed by atoms with Crippen LogP contribution in [0.4, 0.5) is 4.39 Å². The number of nitrogens with zero attached hydrogens (tertiary/aromatic N) is 4. The van der Waals surface area contributed by atoms with Crippen LogP contribution in [-0.4, -0.2) is 53.1 Å². The molecule has 0 saturated heterocycles. The maximum Gasteiger partial charge on any atom is 0.335 e. The van der Waals surface area contributed by atoms with Gasteiger partial charge in [-0.25, -0.2) is 9.98 Å². The summed E-state index contributed by atoms with van der Waals surface area (Å²) in [7, 11) is -1.63. The Hall–Kier alpha value is -3.67. The normalized spacial score (nSPS) is 18.4. The van der Waals surface area contributed by atoms with Crippen molar-refractivity contribution in [3.8, 4) is 11.1 Å². The summed E-state index contributed by atoms with van der Waals surface area (Å²) in [6.07, 6.45) is 1.40. The van der Waals surface area contributed by atoms with Gasteiger partial charge in [-0.2, -0.15) is 17.1 Å². The van der Waals surface area contributed by atoms with E-state index in [0.29, 0.717) is 27.8 Å². The largest absolute Gasteiger partial charge is 0.369 e. The molecule has 1 atom stereocenters. The van der Waals surface area contributed by atoms with Gasteiger partial charge < -0.3 is 5.73 Å². The first-order valence-electron chi connectivity index (χ1n) is 10.2. The number of benzene rings is 2. The summed E-state index contributed by atoms with van der Waals surface area (Å²) in [5, 5.41) is 0. The summed E-state index contributed by atoms with van der Waals surface area (Å²) in [6, 6.07) is 16.6. The molecule has 176 valence electrons. The van der Waals surface area contributed by atoms with Gasteiger partial charge in [0.15, 0.2) is 11.5 Å². The number of carbonyl (C=O) groups is 1. The molecule has 34 heavy (non-hydrogen) atoms. The number of rotatable bonds is 6. The van der Waals surface area contributed by atoms with Gasteiger partial charge >= 0.3 is 10.3 Å². The fourth-order valence-corrected chi connectivity index (χ4v) is 4.20. The predicted octanol–water partition coefficient (Wildman–Crippen LogP) is 2.15. The lowest BCUT2D eigenvalue weighted by Gasteiger charge is -2.27. The van der Waals surface area contributed by atoms with Crippen LogP contribution in [0.15, 0.2) is 71.9 Å². The molecular formula is C23H22FN5O4S. The van der Waals surface area contributed by atoms with Crippen LogP contribution in [0.25, 0.3) is 11.1 Å². The van der Waals surface area contributed by atoms with E-state index in [2.05, 4.69) is 9.98 Å². The van der Waals surface area contributed by atoms with Gasteiger partial charge in [-0.3, -0.25) is 14.2 Å². The Balaban J connectivity index is 1.86. The zero-order valence-electron chi connectivity index (χ0n) is 18.4. The van der Waals surface area contributed by atoms with Gasteiger partial charge in [0.25, 0.3) is 5.91 Å². The first-order valence-corrected chi connectivity index (χ1v) is 11.6. The fourth-order valence-electron chi connectivity index (χ4n) is 3.89. The molecule has 3 N–H and O–H groups in total. The smallest absolute Gasteiger partial charge is 0.335 e. The fraction of sp³-hybridized carbons (Fsp3) is 0.174. The highest BCUT2D eigenvalue weighted by molar-refractivity contribution is 7.83. The van der Waals surface area contributed by atoms with Gasteiger partial charge in [0.1, 0.15) is 0 Å². The third-order valence-corrected chi connectivity index (χ3v) is 6.64. The standard InChI is InChI=1S/C23H22FN5O4S/c1-28(34(31,32)33)14-15-5-3-7-18(11-15)23(21(30)29(2)22(25)27-23)19-8-4-6-16(12-19)17-9-10-20(24)26-13-17/h3-13H,14H2,1-2H3,(H2,25,27)(H,31,32,33). The molecule has 11 heteroatoms. The Bertz CT molecular complexity index is 1390. The predicted molar refractivity (Wildman–Crippen MR) is 124 cm³/mol. The minimum Gasteiger partial charge on any atom is -0.369 e. The lowest BCUT2D eigenvalue weighted by atomic mass is 9.81. The Morgan fingerprint density at radius 2 is 1.76 bits per heavy atom. The number of guanidine groups is 1. The van der Waals surface area contributed by atoms with Gasteiger partial charge in [-0.1, -0.05) is 42.5 Å². The van der Waals surface area contributed by atoms with E-state index in [-0.39, 0.29) is 18.4 Å². The summed E-state index contributed by atoms with van der Waals surface area (Å²) in [6.45, 7) is -0.118. The topological polar surface area (TPSA) is 129 Å². The number of nitrogens with two attached hydrogens (primary N) is 1. The van der Waals surface area contributed by atoms with E-state index < -0.39 is 21.8 Å². The van der Waals surface area contributed by atoms with Crippen LogP contribution >= 0.6 is 0 Å². The van der Waals surface area contributed by atoms with Crippen molar-refractivity contribution in [2.45, 2.75) is 12.1 Å². The van der Waals surface area contributed by atoms with Crippen LogP contribution in [0.3, 0.4) is 0 Å². The van der Waals surface area contributed by atoms with E-state index in [9.17, 15) is 22.2 Å². The molecule has 0 saturated carbocycles. The molecule has 2 aromatic carbocycles. The van der Waals surface area contributed by atoms with Crippen LogP contribution in [0, 0.1) is 5.95 Å². The van der Waals surface area contributed by atoms with Crippen molar-refractivity contribution in [2.75, 3.05) is 14.1 Å². The van der Waals surface area contributed by atoms with Crippen molar-refractivity contribution in [2.24, 2.45) is 10.7 Å². The molecular weight excluding hydrogens is 461 g/mol. The van der Waals surface area contributed by atoms with Crippen LogP contribution < -0.4 is 5.73 Å². The monoisotopic (exact) mass is 483 g/mol. The Kier molecular flexibility index (Phi) is 5.94. The highest BCUT2D eigenvalue weighted by Crippen LogP contribution is 2.40. The highest BCUT2D eigenvalue weighted by Gasteiger charge is 2.49. The zero-order chi connectivity index (χ0) is 24.7. The summed E-state index contributed by atoms with van der Waals surface area (Å²) in [5.74, 6) is -0.966. The number of amides is 1. The van der Waals surface area contributed by atoms with E-state index in [0.717, 1.165) is 4.31 Å². The number of hydrogen-bond acceptors (Lipinski definition) is 6. The second kappa shape index (κ2) is 8.60. The summed E-state index contributed by atoms with van der Waals surface area (Å²) < 4.78 is 46.3. The molecule has 0 radical (unpaired) electrons. The number of aliphatic imine (C=N–C) groups is 1. The molecule has 1 amide bonds. The van der Waals surface area contributed by atoms with Crippen molar-refractivity contribution < 1.29 is 22.2 Å². The van der Waals surface area contributed by atoms with Crippen molar-refractivity contribution >= 4 is 22.2 Å². The van der Waals surface area contributed by atoms with E-state index >= 15 is 0 Å². The zero-order valence-corrected chi connectivity index (χ0v) is 19.2. The molecule has 0 bridgehead atoms. The molecule has 0 aliphatic carbocycles. The van der Waals surface area contributed by atoms with Crippen LogP contribution in [0.5, 0.6) is 0 Å². The molecule has 0 fully saturated rings. The van der Waals surface area contributed by atoms with E-state index in [1.165, 1.54) is 31.3 Å². The Morgan fingerprint density at radius 1 is 1.09 bits per heavy atom. The molecule has 2 heterocycles. The van der Waals surface area contributed by atoms with Crippen molar-refractivity contribution in [3.05, 3.63) is 89.5 Å². The average molecular weight is 484 g/mol. The first kappa shape index (κ1) is 23.5. The van der Waals surface area contributed by atoms with E-state index in [1.54, 1.807) is 54.6 Å². The molecule has 0 spiro atoms. The van der Waals surface area contributed by atoms with Crippen LogP contribution in [0.1, 0.15) is 16.7 Å². The maximum absolute atomic E-state index is 13.5. The molecule has 4 rings (SSSR count). The van der Waals surface area contributed by atoms with Crippen LogP contribution in [-0.2, 0) is 27.2 Å². The molecule has 1 aliphatic rings. The minimum atomic E-state index is -4.39. The van der Waals surface area contributed by atoms with E-state index in [1.807, 2.05) is 0 Å². The third-order valence-electron chi connectivity index (χ3n) is 5.72. The second-order valence-electron chi connectivity index (χ2n) is 7.93. The Morgan fingerprint density at radius 3 is 2.35 bits per heavy atom. The Labute approximate surface area is 196 Å².